The fourth-order valence-electron chi connectivity index (χ4n) is 1.45. The molecule has 2 nitrogen and oxygen atoms in total. The van der Waals surface area contributed by atoms with E-state index in [4.69, 9.17) is 4.74 Å². The van der Waals surface area contributed by atoms with E-state index in [1.807, 2.05) is 30.4 Å². The van der Waals surface area contributed by atoms with Crippen LogP contribution in [0.5, 0.6) is 0 Å². The van der Waals surface area contributed by atoms with Gasteiger partial charge in [0.25, 0.3) is 0 Å². The molecule has 2 rings (SSSR count). The summed E-state index contributed by atoms with van der Waals surface area (Å²) in [5.74, 6) is 0.497. The molecule has 1 aliphatic rings. The highest BCUT2D eigenvalue weighted by Gasteiger charge is 2.20. The Balaban J connectivity index is 2.32. The van der Waals surface area contributed by atoms with Gasteiger partial charge in [0.2, 0.25) is 0 Å². The summed E-state index contributed by atoms with van der Waals surface area (Å²) >= 11 is 4.08. The number of cyclic esters (lactones) is 1. The minimum atomic E-state index is -0.218. The van der Waals surface area contributed by atoms with Gasteiger partial charge in [0.05, 0.1) is 5.56 Å². The number of carbonyl (C=O) groups excluding carboxylic acids is 1. The van der Waals surface area contributed by atoms with Crippen molar-refractivity contribution in [2.75, 3.05) is 5.75 Å². The Morgan fingerprint density at radius 1 is 1.50 bits per heavy atom. The molecule has 0 unspecified atom stereocenters. The van der Waals surface area contributed by atoms with Crippen molar-refractivity contribution in [3.8, 4) is 0 Å². The van der Waals surface area contributed by atoms with Crippen molar-refractivity contribution in [2.45, 2.75) is 6.61 Å². The minimum absolute atomic E-state index is 0.218. The van der Waals surface area contributed by atoms with Crippen LogP contribution in [0.1, 0.15) is 21.5 Å². The third-order valence-corrected chi connectivity index (χ3v) is 2.33. The zero-order valence-electron chi connectivity index (χ0n) is 7.56. The summed E-state index contributed by atoms with van der Waals surface area (Å²) < 4.78 is 4.90. The van der Waals surface area contributed by atoms with Gasteiger partial charge in [-0.1, -0.05) is 18.2 Å². The summed E-state index contributed by atoms with van der Waals surface area (Å²) in [5, 5.41) is 0. The lowest BCUT2D eigenvalue weighted by molar-refractivity contribution is 0.0535. The second-order valence-electron chi connectivity index (χ2n) is 3.08. The van der Waals surface area contributed by atoms with Gasteiger partial charge in [-0.25, -0.2) is 4.79 Å². The predicted molar refractivity (Wildman–Crippen MR) is 58.4 cm³/mol. The number of carbonyl (C=O) groups is 1. The number of hydrogen-bond acceptors (Lipinski definition) is 3. The summed E-state index contributed by atoms with van der Waals surface area (Å²) in [5.41, 5.74) is 2.74. The molecule has 0 atom stereocenters. The van der Waals surface area contributed by atoms with Crippen molar-refractivity contribution in [1.29, 1.82) is 0 Å². The van der Waals surface area contributed by atoms with Gasteiger partial charge >= 0.3 is 5.97 Å². The van der Waals surface area contributed by atoms with E-state index in [-0.39, 0.29) is 5.97 Å². The molecule has 3 heteroatoms. The molecule has 0 spiro atoms. The van der Waals surface area contributed by atoms with E-state index in [9.17, 15) is 4.79 Å². The van der Waals surface area contributed by atoms with E-state index in [0.29, 0.717) is 17.9 Å². The Labute approximate surface area is 88.0 Å². The molecule has 1 aromatic rings. The maximum absolute atomic E-state index is 11.1. The number of thiol groups is 1. The van der Waals surface area contributed by atoms with E-state index < -0.39 is 0 Å². The van der Waals surface area contributed by atoms with Crippen LogP contribution >= 0.6 is 12.6 Å². The van der Waals surface area contributed by atoms with Crippen LogP contribution in [-0.4, -0.2) is 11.7 Å². The van der Waals surface area contributed by atoms with Crippen molar-refractivity contribution < 1.29 is 9.53 Å². The van der Waals surface area contributed by atoms with Crippen molar-refractivity contribution in [2.24, 2.45) is 0 Å². The average molecular weight is 206 g/mol. The Morgan fingerprint density at radius 2 is 2.36 bits per heavy atom. The molecule has 0 saturated heterocycles. The van der Waals surface area contributed by atoms with Crippen LogP contribution in [0.15, 0.2) is 24.3 Å². The molecule has 0 N–H and O–H groups in total. The first-order valence-corrected chi connectivity index (χ1v) is 5.02. The highest BCUT2D eigenvalue weighted by molar-refractivity contribution is 7.80. The van der Waals surface area contributed by atoms with Gasteiger partial charge in [-0.15, -0.1) is 0 Å². The van der Waals surface area contributed by atoms with Crippen LogP contribution in [0, 0.1) is 0 Å². The zero-order chi connectivity index (χ0) is 9.97. The summed E-state index contributed by atoms with van der Waals surface area (Å²) in [6.45, 7) is 0.400. The minimum Gasteiger partial charge on any atom is -0.457 e. The lowest BCUT2D eigenvalue weighted by Gasteiger charge is -1.96. The number of esters is 1. The molecule has 1 aromatic carbocycles. The molecule has 0 amide bonds. The maximum atomic E-state index is 11.1. The van der Waals surface area contributed by atoms with E-state index in [1.54, 1.807) is 0 Å². The van der Waals surface area contributed by atoms with Crippen molar-refractivity contribution in [3.63, 3.8) is 0 Å². The number of rotatable bonds is 2. The molecular formula is C11H10O2S. The summed E-state index contributed by atoms with van der Waals surface area (Å²) in [7, 11) is 0. The van der Waals surface area contributed by atoms with Gasteiger partial charge in [0.15, 0.2) is 0 Å². The topological polar surface area (TPSA) is 26.3 Å². The lowest BCUT2D eigenvalue weighted by Crippen LogP contribution is -1.92. The Kier molecular flexibility index (Phi) is 2.59. The predicted octanol–water partition coefficient (Wildman–Crippen LogP) is 2.30. The van der Waals surface area contributed by atoms with E-state index in [0.717, 1.165) is 11.1 Å². The summed E-state index contributed by atoms with van der Waals surface area (Å²) in [6.07, 6.45) is 3.94. The smallest absolute Gasteiger partial charge is 0.338 e. The van der Waals surface area contributed by atoms with Gasteiger partial charge in [-0.2, -0.15) is 12.6 Å². The third-order valence-electron chi connectivity index (χ3n) is 2.12. The molecule has 0 fully saturated rings. The fraction of sp³-hybridized carbons (Fsp3) is 0.182. The second-order valence-corrected chi connectivity index (χ2v) is 3.44. The van der Waals surface area contributed by atoms with E-state index in [1.165, 1.54) is 0 Å². The molecule has 0 aromatic heterocycles. The van der Waals surface area contributed by atoms with Crippen LogP contribution in [0.4, 0.5) is 0 Å². The highest BCUT2D eigenvalue weighted by atomic mass is 32.1. The molecule has 14 heavy (non-hydrogen) atoms. The first-order chi connectivity index (χ1) is 6.81. The van der Waals surface area contributed by atoms with Crippen molar-refractivity contribution in [1.82, 2.24) is 0 Å². The highest BCUT2D eigenvalue weighted by Crippen LogP contribution is 2.21. The fourth-order valence-corrected chi connectivity index (χ4v) is 1.55. The normalized spacial score (nSPS) is 14.5. The largest absolute Gasteiger partial charge is 0.457 e. The van der Waals surface area contributed by atoms with Crippen molar-refractivity contribution >= 4 is 24.7 Å². The van der Waals surface area contributed by atoms with Gasteiger partial charge in [-0.05, 0) is 17.7 Å². The van der Waals surface area contributed by atoms with Gasteiger partial charge in [-0.3, -0.25) is 0 Å². The first kappa shape index (κ1) is 9.34. The molecule has 1 aliphatic heterocycles. The van der Waals surface area contributed by atoms with Crippen LogP contribution in [0.2, 0.25) is 0 Å². The van der Waals surface area contributed by atoms with Crippen LogP contribution in [0.25, 0.3) is 6.08 Å². The first-order valence-electron chi connectivity index (χ1n) is 4.38. The molecule has 0 radical (unpaired) electrons. The number of ether oxygens (including phenoxy) is 1. The van der Waals surface area contributed by atoms with Crippen LogP contribution < -0.4 is 0 Å². The monoisotopic (exact) mass is 206 g/mol. The Hall–Kier alpha value is -1.22. The summed E-state index contributed by atoms with van der Waals surface area (Å²) in [4.78, 5) is 11.1. The van der Waals surface area contributed by atoms with Gasteiger partial charge in [0, 0.05) is 11.3 Å². The number of hydrogen-bond donors (Lipinski definition) is 1. The Morgan fingerprint density at radius 3 is 3.14 bits per heavy atom. The number of fused-ring (bicyclic) bond motifs is 1. The summed E-state index contributed by atoms with van der Waals surface area (Å²) in [6, 6.07) is 5.69. The van der Waals surface area contributed by atoms with Crippen LogP contribution in [0.3, 0.4) is 0 Å². The molecule has 72 valence electrons. The van der Waals surface area contributed by atoms with Crippen molar-refractivity contribution in [3.05, 3.63) is 41.0 Å². The molecule has 0 bridgehead atoms. The molecule has 1 heterocycles. The third kappa shape index (κ3) is 1.68. The second kappa shape index (κ2) is 3.88. The molecule has 0 aliphatic carbocycles. The quantitative estimate of drug-likeness (QED) is 0.593. The van der Waals surface area contributed by atoms with Gasteiger partial charge in [0.1, 0.15) is 6.61 Å². The standard InChI is InChI=1S/C11H10O2S/c12-11-10-4-3-8(2-1-5-14)6-9(10)7-13-11/h1-4,6,14H,5,7H2. The molecular weight excluding hydrogens is 196 g/mol. The zero-order valence-corrected chi connectivity index (χ0v) is 8.46. The number of benzene rings is 1. The Bertz CT molecular complexity index is 396. The molecule has 0 saturated carbocycles. The van der Waals surface area contributed by atoms with E-state index >= 15 is 0 Å². The average Bonchev–Trinajstić information content (AvgIpc) is 2.57. The van der Waals surface area contributed by atoms with Gasteiger partial charge < -0.3 is 4.74 Å². The SMILES string of the molecule is O=C1OCc2cc(C=CCS)ccc21. The van der Waals surface area contributed by atoms with E-state index in [2.05, 4.69) is 12.6 Å². The lowest BCUT2D eigenvalue weighted by atomic mass is 10.1. The maximum Gasteiger partial charge on any atom is 0.338 e. The van der Waals surface area contributed by atoms with Crippen LogP contribution in [-0.2, 0) is 11.3 Å².